The number of nitrogens with zero attached hydrogens (tertiary/aromatic N) is 1. The smallest absolute Gasteiger partial charge is 0.236 e. The van der Waals surface area contributed by atoms with Gasteiger partial charge in [0.15, 0.2) is 0 Å². The molecule has 1 aliphatic heterocycles. The Labute approximate surface area is 74.1 Å². The van der Waals surface area contributed by atoms with Gasteiger partial charge in [-0.1, -0.05) is 0 Å². The highest BCUT2D eigenvalue weighted by atomic mass is 16.2. The Morgan fingerprint density at radius 2 is 2.00 bits per heavy atom. The van der Waals surface area contributed by atoms with Gasteiger partial charge in [-0.25, -0.2) is 0 Å². The minimum Gasteiger partial charge on any atom is -0.341 e. The van der Waals surface area contributed by atoms with E-state index in [9.17, 15) is 4.79 Å². The third-order valence-electron chi connectivity index (χ3n) is 1.98. The molecule has 3 heteroatoms. The molecule has 1 fully saturated rings. The largest absolute Gasteiger partial charge is 0.341 e. The first-order valence-electron chi connectivity index (χ1n) is 4.52. The quantitative estimate of drug-likeness (QED) is 0.658. The summed E-state index contributed by atoms with van der Waals surface area (Å²) in [7, 11) is 0. The van der Waals surface area contributed by atoms with Crippen molar-refractivity contribution in [1.82, 2.24) is 10.2 Å². The Balaban J connectivity index is 2.18. The lowest BCUT2D eigenvalue weighted by molar-refractivity contribution is -0.133. The van der Waals surface area contributed by atoms with Gasteiger partial charge in [0, 0.05) is 18.6 Å². The van der Waals surface area contributed by atoms with Crippen LogP contribution in [0.2, 0.25) is 0 Å². The highest BCUT2D eigenvalue weighted by molar-refractivity contribution is 5.78. The summed E-state index contributed by atoms with van der Waals surface area (Å²) >= 11 is 0. The number of carbonyl (C=O) groups is 1. The third-order valence-corrected chi connectivity index (χ3v) is 1.98. The van der Waals surface area contributed by atoms with Crippen molar-refractivity contribution in [3.8, 4) is 0 Å². The fourth-order valence-corrected chi connectivity index (χ4v) is 1.02. The molecule has 1 amide bonds. The van der Waals surface area contributed by atoms with Crippen LogP contribution in [-0.4, -0.2) is 36.0 Å². The molecule has 0 aromatic carbocycles. The molecule has 0 aromatic heterocycles. The Hall–Kier alpha value is -0.570. The standard InChI is InChI=1S/C9H18N2O/c1-9(2,3)10-7-8(12)11-5-4-6-11/h10H,4-7H2,1-3H3. The fourth-order valence-electron chi connectivity index (χ4n) is 1.02. The minimum atomic E-state index is 0.0422. The topological polar surface area (TPSA) is 32.3 Å². The van der Waals surface area contributed by atoms with E-state index in [0.717, 1.165) is 13.1 Å². The van der Waals surface area contributed by atoms with Gasteiger partial charge in [0.1, 0.15) is 0 Å². The lowest BCUT2D eigenvalue weighted by Gasteiger charge is -2.32. The van der Waals surface area contributed by atoms with Crippen molar-refractivity contribution < 1.29 is 4.79 Å². The third kappa shape index (κ3) is 2.81. The lowest BCUT2D eigenvalue weighted by atomic mass is 10.1. The molecular formula is C9H18N2O. The second kappa shape index (κ2) is 3.44. The van der Waals surface area contributed by atoms with Crippen molar-refractivity contribution in [3.05, 3.63) is 0 Å². The van der Waals surface area contributed by atoms with Gasteiger partial charge in [-0.3, -0.25) is 4.79 Å². The zero-order valence-corrected chi connectivity index (χ0v) is 8.18. The summed E-state index contributed by atoms with van der Waals surface area (Å²) in [5, 5.41) is 3.18. The van der Waals surface area contributed by atoms with E-state index < -0.39 is 0 Å². The summed E-state index contributed by atoms with van der Waals surface area (Å²) in [5.74, 6) is 0.233. The normalized spacial score (nSPS) is 17.4. The molecule has 0 aliphatic carbocycles. The van der Waals surface area contributed by atoms with E-state index in [0.29, 0.717) is 6.54 Å². The van der Waals surface area contributed by atoms with Crippen LogP contribution in [0.5, 0.6) is 0 Å². The van der Waals surface area contributed by atoms with Crippen molar-refractivity contribution in [3.63, 3.8) is 0 Å². The first kappa shape index (κ1) is 9.52. The summed E-state index contributed by atoms with van der Waals surface area (Å²) in [6.45, 7) is 8.57. The number of likely N-dealkylation sites (tertiary alicyclic amines) is 1. The maximum Gasteiger partial charge on any atom is 0.236 e. The Bertz CT molecular complexity index is 168. The maximum atomic E-state index is 11.3. The Morgan fingerprint density at radius 1 is 1.42 bits per heavy atom. The fraction of sp³-hybridized carbons (Fsp3) is 0.889. The Kier molecular flexibility index (Phi) is 2.73. The van der Waals surface area contributed by atoms with E-state index >= 15 is 0 Å². The average Bonchev–Trinajstić information content (AvgIpc) is 1.78. The van der Waals surface area contributed by atoms with Gasteiger partial charge in [0.2, 0.25) is 5.91 Å². The maximum absolute atomic E-state index is 11.3. The summed E-state index contributed by atoms with van der Waals surface area (Å²) in [5.41, 5.74) is 0.0422. The molecular weight excluding hydrogens is 152 g/mol. The van der Waals surface area contributed by atoms with Crippen molar-refractivity contribution >= 4 is 5.91 Å². The van der Waals surface area contributed by atoms with E-state index in [1.807, 2.05) is 4.90 Å². The zero-order valence-electron chi connectivity index (χ0n) is 8.18. The Morgan fingerprint density at radius 3 is 2.33 bits per heavy atom. The van der Waals surface area contributed by atoms with Crippen LogP contribution in [0.15, 0.2) is 0 Å². The van der Waals surface area contributed by atoms with Gasteiger partial charge in [0.05, 0.1) is 6.54 Å². The van der Waals surface area contributed by atoms with Gasteiger partial charge in [-0.15, -0.1) is 0 Å². The van der Waals surface area contributed by atoms with E-state index in [-0.39, 0.29) is 11.4 Å². The first-order chi connectivity index (χ1) is 5.49. The second-order valence-corrected chi connectivity index (χ2v) is 4.34. The van der Waals surface area contributed by atoms with Crippen LogP contribution in [0.25, 0.3) is 0 Å². The van der Waals surface area contributed by atoms with Crippen LogP contribution >= 0.6 is 0 Å². The number of hydrogen-bond acceptors (Lipinski definition) is 2. The highest BCUT2D eigenvalue weighted by Crippen LogP contribution is 2.06. The van der Waals surface area contributed by atoms with Crippen molar-refractivity contribution in [2.45, 2.75) is 32.7 Å². The summed E-state index contributed by atoms with van der Waals surface area (Å²) in [6, 6.07) is 0. The summed E-state index contributed by atoms with van der Waals surface area (Å²) in [4.78, 5) is 13.2. The lowest BCUT2D eigenvalue weighted by Crippen LogP contribution is -2.49. The SMILES string of the molecule is CC(C)(C)NCC(=O)N1CCC1. The summed E-state index contributed by atoms with van der Waals surface area (Å²) in [6.07, 6.45) is 1.17. The number of carbonyl (C=O) groups excluding carboxylic acids is 1. The van der Waals surface area contributed by atoms with Gasteiger partial charge in [0.25, 0.3) is 0 Å². The minimum absolute atomic E-state index is 0.0422. The van der Waals surface area contributed by atoms with E-state index in [4.69, 9.17) is 0 Å². The molecule has 1 rings (SSSR count). The van der Waals surface area contributed by atoms with Gasteiger partial charge >= 0.3 is 0 Å². The molecule has 0 unspecified atom stereocenters. The molecule has 1 saturated heterocycles. The van der Waals surface area contributed by atoms with Gasteiger partial charge in [-0.05, 0) is 27.2 Å². The molecule has 0 saturated carbocycles. The predicted molar refractivity (Wildman–Crippen MR) is 49.0 cm³/mol. The van der Waals surface area contributed by atoms with Crippen LogP contribution in [0, 0.1) is 0 Å². The average molecular weight is 170 g/mol. The molecule has 3 nitrogen and oxygen atoms in total. The van der Waals surface area contributed by atoms with Crippen molar-refractivity contribution in [2.75, 3.05) is 19.6 Å². The molecule has 0 spiro atoms. The zero-order chi connectivity index (χ0) is 9.19. The molecule has 0 aromatic rings. The molecule has 70 valence electrons. The monoisotopic (exact) mass is 170 g/mol. The summed E-state index contributed by atoms with van der Waals surface area (Å²) < 4.78 is 0. The molecule has 0 radical (unpaired) electrons. The van der Waals surface area contributed by atoms with Gasteiger partial charge in [-0.2, -0.15) is 0 Å². The number of rotatable bonds is 2. The van der Waals surface area contributed by atoms with E-state index in [1.165, 1.54) is 6.42 Å². The molecule has 1 heterocycles. The molecule has 12 heavy (non-hydrogen) atoms. The van der Waals surface area contributed by atoms with Crippen LogP contribution in [0.1, 0.15) is 27.2 Å². The van der Waals surface area contributed by atoms with Crippen LogP contribution < -0.4 is 5.32 Å². The highest BCUT2D eigenvalue weighted by Gasteiger charge is 2.21. The number of amides is 1. The molecule has 0 atom stereocenters. The molecule has 1 N–H and O–H groups in total. The van der Waals surface area contributed by atoms with Crippen molar-refractivity contribution in [2.24, 2.45) is 0 Å². The van der Waals surface area contributed by atoms with Crippen LogP contribution in [0.3, 0.4) is 0 Å². The van der Waals surface area contributed by atoms with Crippen molar-refractivity contribution in [1.29, 1.82) is 0 Å². The first-order valence-corrected chi connectivity index (χ1v) is 4.52. The van der Waals surface area contributed by atoms with E-state index in [1.54, 1.807) is 0 Å². The van der Waals surface area contributed by atoms with Gasteiger partial charge < -0.3 is 10.2 Å². The van der Waals surface area contributed by atoms with Crippen LogP contribution in [-0.2, 0) is 4.79 Å². The van der Waals surface area contributed by atoms with E-state index in [2.05, 4.69) is 26.1 Å². The molecule has 0 bridgehead atoms. The predicted octanol–water partition coefficient (Wildman–Crippen LogP) is 0.607. The number of hydrogen-bond donors (Lipinski definition) is 1. The van der Waals surface area contributed by atoms with Crippen LogP contribution in [0.4, 0.5) is 0 Å². The number of nitrogens with one attached hydrogen (secondary N) is 1. The molecule has 1 aliphatic rings. The second-order valence-electron chi connectivity index (χ2n) is 4.34.